The number of likely N-dealkylation sites (N-methyl/N-ethyl adjacent to an activating group) is 2. The fourth-order valence-corrected chi connectivity index (χ4v) is 6.83. The Morgan fingerprint density at radius 3 is 1.55 bits per heavy atom. The van der Waals surface area contributed by atoms with Gasteiger partial charge in [0.1, 0.15) is 0 Å². The average Bonchev–Trinajstić information content (AvgIpc) is 3.14. The molecule has 6 rings (SSSR count). The molecule has 0 saturated carbocycles. The third kappa shape index (κ3) is 7.78. The van der Waals surface area contributed by atoms with Crippen molar-refractivity contribution in [1.82, 2.24) is 20.0 Å². The van der Waals surface area contributed by atoms with Crippen molar-refractivity contribution < 1.29 is 0 Å². The first-order chi connectivity index (χ1) is 16.0. The number of hydrogen-bond acceptors (Lipinski definition) is 4. The van der Waals surface area contributed by atoms with E-state index in [9.17, 15) is 0 Å². The maximum atomic E-state index is 3.44. The molecule has 0 aromatic heterocycles. The van der Waals surface area contributed by atoms with Crippen LogP contribution in [0.4, 0.5) is 0 Å². The lowest BCUT2D eigenvalue weighted by Crippen LogP contribution is -2.49. The van der Waals surface area contributed by atoms with Gasteiger partial charge in [-0.25, -0.2) is 0 Å². The summed E-state index contributed by atoms with van der Waals surface area (Å²) in [6, 6.07) is 5.25. The van der Waals surface area contributed by atoms with Gasteiger partial charge in [0.25, 0.3) is 0 Å². The molecule has 6 aliphatic rings. The number of fused-ring (bicyclic) bond motifs is 6. The van der Waals surface area contributed by atoms with Gasteiger partial charge in [0.2, 0.25) is 0 Å². The highest BCUT2D eigenvalue weighted by Gasteiger charge is 2.34. The smallest absolute Gasteiger partial charge is 0.0280 e. The molecule has 4 heteroatoms. The van der Waals surface area contributed by atoms with E-state index in [0.717, 1.165) is 36.3 Å². The topological polar surface area (TPSA) is 21.8 Å². The van der Waals surface area contributed by atoms with E-state index in [4.69, 9.17) is 0 Å². The van der Waals surface area contributed by atoms with Gasteiger partial charge in [-0.3, -0.25) is 9.80 Å². The number of piperidine rings is 2. The predicted octanol–water partition coefficient (Wildman–Crippen LogP) is 5.93. The number of piperazine rings is 1. The number of hydrogen-bond donors (Lipinski definition) is 1. The molecule has 5 fully saturated rings. The monoisotopic (exact) mass is 462 g/mol. The second-order valence-corrected chi connectivity index (χ2v) is 10.7. The van der Waals surface area contributed by atoms with Gasteiger partial charge in [0.05, 0.1) is 0 Å². The molecule has 194 valence electrons. The summed E-state index contributed by atoms with van der Waals surface area (Å²) in [6.07, 6.45) is 18.2. The van der Waals surface area contributed by atoms with Gasteiger partial charge < -0.3 is 10.2 Å². The summed E-state index contributed by atoms with van der Waals surface area (Å²) in [5, 5.41) is 3.44. The van der Waals surface area contributed by atoms with Crippen LogP contribution in [0.3, 0.4) is 0 Å². The fraction of sp³-hybridized carbons (Fsp3) is 0.931. The third-order valence-electron chi connectivity index (χ3n) is 8.98. The van der Waals surface area contributed by atoms with Crippen LogP contribution in [0.25, 0.3) is 0 Å². The normalized spacial score (nSPS) is 37.0. The van der Waals surface area contributed by atoms with Gasteiger partial charge in [-0.1, -0.05) is 52.2 Å². The zero-order valence-electron chi connectivity index (χ0n) is 23.6. The zero-order chi connectivity index (χ0) is 24.4. The van der Waals surface area contributed by atoms with E-state index in [2.05, 4.69) is 54.2 Å². The van der Waals surface area contributed by atoms with Gasteiger partial charge in [0.15, 0.2) is 0 Å². The largest absolute Gasteiger partial charge is 0.314 e. The van der Waals surface area contributed by atoms with Crippen LogP contribution in [0, 0.1) is 0 Å². The molecule has 6 atom stereocenters. The van der Waals surface area contributed by atoms with Crippen molar-refractivity contribution in [2.75, 3.05) is 34.2 Å². The van der Waals surface area contributed by atoms with Crippen molar-refractivity contribution in [3.05, 3.63) is 11.6 Å². The first-order valence-corrected chi connectivity index (χ1v) is 14.6. The van der Waals surface area contributed by atoms with Gasteiger partial charge in [-0.05, 0) is 85.9 Å². The zero-order valence-corrected chi connectivity index (χ0v) is 23.6. The molecule has 33 heavy (non-hydrogen) atoms. The summed E-state index contributed by atoms with van der Waals surface area (Å²) in [5.41, 5.74) is 1.61. The van der Waals surface area contributed by atoms with E-state index < -0.39 is 0 Å². The van der Waals surface area contributed by atoms with E-state index in [-0.39, 0.29) is 0 Å². The van der Waals surface area contributed by atoms with Gasteiger partial charge in [-0.15, -0.1) is 0 Å². The van der Waals surface area contributed by atoms with Crippen molar-refractivity contribution in [1.29, 1.82) is 0 Å². The van der Waals surface area contributed by atoms with Gasteiger partial charge >= 0.3 is 0 Å². The number of nitrogens with zero attached hydrogens (tertiary/aromatic N) is 3. The van der Waals surface area contributed by atoms with Crippen LogP contribution in [0.15, 0.2) is 11.6 Å². The van der Waals surface area contributed by atoms with Crippen LogP contribution >= 0.6 is 0 Å². The van der Waals surface area contributed by atoms with Crippen LogP contribution in [-0.2, 0) is 0 Å². The van der Waals surface area contributed by atoms with Gasteiger partial charge in [0, 0.05) is 49.3 Å². The molecule has 6 aliphatic heterocycles. The van der Waals surface area contributed by atoms with E-state index in [1.54, 1.807) is 5.57 Å². The lowest BCUT2D eigenvalue weighted by Gasteiger charge is -2.42. The fourth-order valence-electron chi connectivity index (χ4n) is 6.83. The Kier molecular flexibility index (Phi) is 13.0. The van der Waals surface area contributed by atoms with E-state index in [1.807, 2.05) is 27.7 Å². The predicted molar refractivity (Wildman–Crippen MR) is 146 cm³/mol. The van der Waals surface area contributed by atoms with Crippen LogP contribution in [0.1, 0.15) is 105 Å². The number of nitrogens with one attached hydrogen (secondary N) is 1. The van der Waals surface area contributed by atoms with Crippen LogP contribution in [-0.4, -0.2) is 85.2 Å². The van der Waals surface area contributed by atoms with Crippen LogP contribution in [0.5, 0.6) is 0 Å². The highest BCUT2D eigenvalue weighted by molar-refractivity contribution is 5.13. The second-order valence-electron chi connectivity index (χ2n) is 10.7. The molecule has 0 aromatic carbocycles. The van der Waals surface area contributed by atoms with Crippen LogP contribution in [0.2, 0.25) is 0 Å². The van der Waals surface area contributed by atoms with Crippen molar-refractivity contribution in [2.24, 2.45) is 0 Å². The van der Waals surface area contributed by atoms with Crippen molar-refractivity contribution in [3.63, 3.8) is 0 Å². The lowest BCUT2D eigenvalue weighted by molar-refractivity contribution is 0.130. The molecule has 4 nitrogen and oxygen atoms in total. The first kappa shape index (κ1) is 28.8. The molecule has 0 aliphatic carbocycles. The first-order valence-electron chi connectivity index (χ1n) is 14.6. The molecule has 0 amide bonds. The van der Waals surface area contributed by atoms with Crippen molar-refractivity contribution in [3.8, 4) is 0 Å². The maximum absolute atomic E-state index is 3.44. The second kappa shape index (κ2) is 14.9. The summed E-state index contributed by atoms with van der Waals surface area (Å²) >= 11 is 0. The minimum absolute atomic E-state index is 0.766. The Hall–Kier alpha value is -0.420. The van der Waals surface area contributed by atoms with Gasteiger partial charge in [-0.2, -0.15) is 0 Å². The summed E-state index contributed by atoms with van der Waals surface area (Å²) in [7, 11) is 6.82. The molecule has 6 heterocycles. The molecule has 6 unspecified atom stereocenters. The van der Waals surface area contributed by atoms with Crippen molar-refractivity contribution >= 4 is 0 Å². The number of rotatable bonds is 0. The molecule has 0 radical (unpaired) electrons. The van der Waals surface area contributed by atoms with E-state index >= 15 is 0 Å². The Labute approximate surface area is 207 Å². The minimum atomic E-state index is 0.766. The Balaban J connectivity index is 0.000000164. The third-order valence-corrected chi connectivity index (χ3v) is 8.98. The Morgan fingerprint density at radius 1 is 0.606 bits per heavy atom. The SMILES string of the molecule is CC.CC.CC1=CC2CCCC(C1)N2C.CN1C2CCC1CNC2.CN1C2CCCC1CC2. The summed E-state index contributed by atoms with van der Waals surface area (Å²) < 4.78 is 0. The highest BCUT2D eigenvalue weighted by Crippen LogP contribution is 2.33. The highest BCUT2D eigenvalue weighted by atomic mass is 15.2. The molecule has 0 spiro atoms. The molecular formula is C29H58N4. The standard InChI is InChI=1S/C10H17N.C8H15N.C7H14N2.2C2H6/c1-8-6-9-4-3-5-10(7-8)11(9)2;1-9-7-3-2-4-8(9)6-5-7;1-9-6-2-3-7(9)5-8-4-6;2*1-2/h6,9-10H,3-5,7H2,1-2H3;7-8H,2-6H2,1H3;6-8H,2-5H2,1H3;2*1-2H3. The Bertz CT molecular complexity index is 502. The molecule has 6 bridgehead atoms. The van der Waals surface area contributed by atoms with Crippen LogP contribution < -0.4 is 5.32 Å². The maximum Gasteiger partial charge on any atom is 0.0280 e. The summed E-state index contributed by atoms with van der Waals surface area (Å²) in [4.78, 5) is 7.66. The minimum Gasteiger partial charge on any atom is -0.314 e. The lowest BCUT2D eigenvalue weighted by atomic mass is 9.86. The molecular weight excluding hydrogens is 404 g/mol. The quantitative estimate of drug-likeness (QED) is 0.451. The Morgan fingerprint density at radius 2 is 1.06 bits per heavy atom. The molecule has 5 saturated heterocycles. The van der Waals surface area contributed by atoms with Crippen molar-refractivity contribution in [2.45, 2.75) is 141 Å². The molecule has 0 aromatic rings. The van der Waals surface area contributed by atoms with E-state index in [1.165, 1.54) is 83.7 Å². The van der Waals surface area contributed by atoms with E-state index in [0.29, 0.717) is 0 Å². The molecule has 1 N–H and O–H groups in total. The summed E-state index contributed by atoms with van der Waals surface area (Å²) in [5.74, 6) is 0. The average molecular weight is 463 g/mol. The summed E-state index contributed by atoms with van der Waals surface area (Å²) in [6.45, 7) is 12.7.